The van der Waals surface area contributed by atoms with Gasteiger partial charge in [0.05, 0.1) is 14.6 Å². The molecule has 108 valence electrons. The molecule has 1 heterocycles. The van der Waals surface area contributed by atoms with Crippen molar-refractivity contribution >= 4 is 59.6 Å². The third kappa shape index (κ3) is 1.70. The van der Waals surface area contributed by atoms with Gasteiger partial charge in [0.1, 0.15) is 0 Å². The lowest BCUT2D eigenvalue weighted by Gasteiger charge is -2.04. The molecular weight excluding hydrogens is 322 g/mol. The Kier molecular flexibility index (Phi) is 2.76. The highest BCUT2D eigenvalue weighted by Crippen LogP contribution is 2.45. The number of hydrogen-bond acceptors (Lipinski definition) is 4. The van der Waals surface area contributed by atoms with Crippen LogP contribution in [0.15, 0.2) is 42.5 Å². The van der Waals surface area contributed by atoms with Crippen LogP contribution in [0, 0.1) is 10.1 Å². The van der Waals surface area contributed by atoms with E-state index in [0.29, 0.717) is 10.4 Å². The zero-order chi connectivity index (χ0) is 15.4. The molecule has 0 aliphatic carbocycles. The van der Waals surface area contributed by atoms with Crippen molar-refractivity contribution in [1.82, 2.24) is 0 Å². The minimum Gasteiger partial charge on any atom is -0.502 e. The smallest absolute Gasteiger partial charge is 0.311 e. The summed E-state index contributed by atoms with van der Waals surface area (Å²) in [7, 11) is 0. The maximum atomic E-state index is 11.1. The first-order chi connectivity index (χ1) is 10.6. The molecule has 0 aliphatic heterocycles. The van der Waals surface area contributed by atoms with E-state index >= 15 is 0 Å². The summed E-state index contributed by atoms with van der Waals surface area (Å²) in [5.41, 5.74) is -0.290. The first-order valence-electron chi connectivity index (χ1n) is 6.47. The van der Waals surface area contributed by atoms with E-state index in [-0.39, 0.29) is 11.4 Å². The number of thiophene rings is 1. The van der Waals surface area contributed by atoms with E-state index in [1.807, 2.05) is 30.3 Å². The van der Waals surface area contributed by atoms with Crippen molar-refractivity contribution in [2.45, 2.75) is 0 Å². The number of phenolic OH excluding ortho intramolecular Hbond substituents is 1. The maximum Gasteiger partial charge on any atom is 0.311 e. The second-order valence-corrected chi connectivity index (χ2v) is 6.41. The molecule has 0 fully saturated rings. The van der Waals surface area contributed by atoms with Crippen LogP contribution in [0.2, 0.25) is 5.02 Å². The third-order valence-electron chi connectivity index (χ3n) is 3.74. The van der Waals surface area contributed by atoms with Gasteiger partial charge in [-0.1, -0.05) is 29.8 Å². The number of hydrogen-bond donors (Lipinski definition) is 1. The fourth-order valence-corrected chi connectivity index (χ4v) is 4.19. The van der Waals surface area contributed by atoms with Crippen LogP contribution in [0.4, 0.5) is 5.69 Å². The molecule has 0 atom stereocenters. The van der Waals surface area contributed by atoms with Crippen LogP contribution < -0.4 is 0 Å². The van der Waals surface area contributed by atoms with Crippen molar-refractivity contribution in [3.05, 3.63) is 57.6 Å². The van der Waals surface area contributed by atoms with Gasteiger partial charge >= 0.3 is 5.69 Å². The summed E-state index contributed by atoms with van der Waals surface area (Å²) in [6.45, 7) is 0. The van der Waals surface area contributed by atoms with Crippen molar-refractivity contribution in [3.8, 4) is 5.75 Å². The van der Waals surface area contributed by atoms with E-state index < -0.39 is 4.92 Å². The fraction of sp³-hybridized carbons (Fsp3) is 0. The van der Waals surface area contributed by atoms with Gasteiger partial charge in [0.2, 0.25) is 5.75 Å². The van der Waals surface area contributed by atoms with Crippen molar-refractivity contribution in [1.29, 1.82) is 0 Å². The largest absolute Gasteiger partial charge is 0.502 e. The molecule has 22 heavy (non-hydrogen) atoms. The van der Waals surface area contributed by atoms with Crippen LogP contribution in [0.1, 0.15) is 0 Å². The highest BCUT2D eigenvalue weighted by Gasteiger charge is 2.20. The van der Waals surface area contributed by atoms with Gasteiger partial charge in [0, 0.05) is 26.9 Å². The predicted octanol–water partition coefficient (Wildman–Crippen LogP) is 5.47. The quantitative estimate of drug-likeness (QED) is 0.372. The van der Waals surface area contributed by atoms with Crippen molar-refractivity contribution in [2.24, 2.45) is 0 Å². The molecule has 3 aromatic carbocycles. The van der Waals surface area contributed by atoms with Crippen LogP contribution in [0.5, 0.6) is 5.75 Å². The first kappa shape index (κ1) is 13.3. The van der Waals surface area contributed by atoms with Crippen LogP contribution in [0.3, 0.4) is 0 Å². The molecule has 0 unspecified atom stereocenters. The summed E-state index contributed by atoms with van der Waals surface area (Å²) in [5, 5.41) is 25.1. The zero-order valence-corrected chi connectivity index (χ0v) is 12.6. The van der Waals surface area contributed by atoms with Gasteiger partial charge < -0.3 is 5.11 Å². The predicted molar refractivity (Wildman–Crippen MR) is 90.2 cm³/mol. The third-order valence-corrected chi connectivity index (χ3v) is 5.38. The molecule has 0 amide bonds. The van der Waals surface area contributed by atoms with Crippen LogP contribution in [-0.4, -0.2) is 10.0 Å². The van der Waals surface area contributed by atoms with E-state index in [4.69, 9.17) is 11.6 Å². The number of nitrogens with zero attached hydrogens (tertiary/aromatic N) is 1. The first-order valence-corrected chi connectivity index (χ1v) is 7.67. The topological polar surface area (TPSA) is 63.4 Å². The number of rotatable bonds is 1. The molecule has 1 N–H and O–H groups in total. The van der Waals surface area contributed by atoms with Gasteiger partial charge in [0.25, 0.3) is 0 Å². The number of aromatic hydroxyl groups is 1. The summed E-state index contributed by atoms with van der Waals surface area (Å²) >= 11 is 7.75. The van der Waals surface area contributed by atoms with Gasteiger partial charge in [-0.05, 0) is 23.6 Å². The number of halogens is 1. The molecule has 4 nitrogen and oxygen atoms in total. The highest BCUT2D eigenvalue weighted by atomic mass is 35.5. The maximum absolute atomic E-state index is 11.1. The Labute approximate surface area is 133 Å². The number of fused-ring (bicyclic) bond motifs is 5. The van der Waals surface area contributed by atoms with Crippen molar-refractivity contribution in [3.63, 3.8) is 0 Å². The fourth-order valence-electron chi connectivity index (χ4n) is 2.79. The molecular formula is C16H8ClNO3S. The van der Waals surface area contributed by atoms with E-state index in [2.05, 4.69) is 0 Å². The lowest BCUT2D eigenvalue weighted by molar-refractivity contribution is -0.385. The van der Waals surface area contributed by atoms with Gasteiger partial charge in [-0.15, -0.1) is 11.3 Å². The number of benzene rings is 3. The van der Waals surface area contributed by atoms with E-state index in [9.17, 15) is 15.2 Å². The Morgan fingerprint density at radius 2 is 1.86 bits per heavy atom. The molecule has 0 aliphatic rings. The van der Waals surface area contributed by atoms with E-state index in [1.54, 1.807) is 6.07 Å². The minimum absolute atomic E-state index is 0.290. The highest BCUT2D eigenvalue weighted by molar-refractivity contribution is 7.26. The molecule has 4 aromatic rings. The lowest BCUT2D eigenvalue weighted by Crippen LogP contribution is -1.89. The Morgan fingerprint density at radius 1 is 1.09 bits per heavy atom. The van der Waals surface area contributed by atoms with Gasteiger partial charge in [-0.2, -0.15) is 0 Å². The summed E-state index contributed by atoms with van der Waals surface area (Å²) in [5.74, 6) is -0.298. The van der Waals surface area contributed by atoms with Crippen LogP contribution in [-0.2, 0) is 0 Å². The van der Waals surface area contributed by atoms with Crippen LogP contribution >= 0.6 is 22.9 Å². The molecule has 0 spiro atoms. The summed E-state index contributed by atoms with van der Waals surface area (Å²) in [4.78, 5) is 10.5. The Bertz CT molecular complexity index is 1090. The normalized spacial score (nSPS) is 11.5. The van der Waals surface area contributed by atoms with Gasteiger partial charge in [-0.3, -0.25) is 10.1 Å². The van der Waals surface area contributed by atoms with Gasteiger partial charge in [0.15, 0.2) is 0 Å². The average molecular weight is 330 g/mol. The SMILES string of the molecule is O=[N+]([O-])c1ccc2ccc3sc4c(Cl)cccc4c3c2c1O. The summed E-state index contributed by atoms with van der Waals surface area (Å²) in [6, 6.07) is 12.3. The van der Waals surface area contributed by atoms with Crippen molar-refractivity contribution < 1.29 is 10.0 Å². The Morgan fingerprint density at radius 3 is 2.64 bits per heavy atom. The molecule has 6 heteroatoms. The molecule has 0 radical (unpaired) electrons. The average Bonchev–Trinajstić information content (AvgIpc) is 2.87. The summed E-state index contributed by atoms with van der Waals surface area (Å²) in [6.07, 6.45) is 0. The molecule has 0 saturated heterocycles. The molecule has 1 aromatic heterocycles. The summed E-state index contributed by atoms with van der Waals surface area (Å²) < 4.78 is 1.85. The molecule has 0 bridgehead atoms. The minimum atomic E-state index is -0.574. The molecule has 4 rings (SSSR count). The Hall–Kier alpha value is -2.37. The second kappa shape index (κ2) is 4.56. The number of nitro groups is 1. The molecule has 0 saturated carbocycles. The zero-order valence-electron chi connectivity index (χ0n) is 11.0. The monoisotopic (exact) mass is 329 g/mol. The van der Waals surface area contributed by atoms with E-state index in [0.717, 1.165) is 25.6 Å². The standard InChI is InChI=1S/C16H8ClNO3S/c17-10-3-1-2-9-14-12(22-16(9)10)7-5-8-4-6-11(18(20)21)15(19)13(8)14/h1-7,19H. The number of phenols is 1. The van der Waals surface area contributed by atoms with Gasteiger partial charge in [-0.25, -0.2) is 0 Å². The Balaban J connectivity index is 2.31. The van der Waals surface area contributed by atoms with Crippen LogP contribution in [0.25, 0.3) is 30.9 Å². The lowest BCUT2D eigenvalue weighted by atomic mass is 10.0. The van der Waals surface area contributed by atoms with Crippen molar-refractivity contribution in [2.75, 3.05) is 0 Å². The number of nitro benzene ring substituents is 1. The van der Waals surface area contributed by atoms with E-state index in [1.165, 1.54) is 17.4 Å². The second-order valence-electron chi connectivity index (χ2n) is 4.95.